The number of halogens is 4. The van der Waals surface area contributed by atoms with Gasteiger partial charge < -0.3 is 14.6 Å². The highest BCUT2D eigenvalue weighted by Gasteiger charge is 2.31. The average molecular weight is 361 g/mol. The molecule has 0 bridgehead atoms. The van der Waals surface area contributed by atoms with Gasteiger partial charge in [-0.05, 0) is 61.2 Å². The molecule has 2 aromatic rings. The van der Waals surface area contributed by atoms with Gasteiger partial charge in [0.15, 0.2) is 0 Å². The van der Waals surface area contributed by atoms with E-state index in [1.165, 1.54) is 24.3 Å². The van der Waals surface area contributed by atoms with E-state index in [4.69, 9.17) is 21.4 Å². The monoisotopic (exact) mass is 360 g/mol. The zero-order chi connectivity index (χ0) is 17.7. The quantitative estimate of drug-likeness (QED) is 0.763. The lowest BCUT2D eigenvalue weighted by molar-refractivity contribution is -0.274. The maximum absolute atomic E-state index is 12.1. The van der Waals surface area contributed by atoms with Gasteiger partial charge in [0.25, 0.3) is 0 Å². The van der Waals surface area contributed by atoms with Crippen molar-refractivity contribution in [1.29, 1.82) is 0 Å². The zero-order valence-electron chi connectivity index (χ0n) is 12.9. The summed E-state index contributed by atoms with van der Waals surface area (Å²) in [6.45, 7) is 1.91. The van der Waals surface area contributed by atoms with Crippen molar-refractivity contribution >= 4 is 11.6 Å². The van der Waals surface area contributed by atoms with Crippen molar-refractivity contribution in [2.45, 2.75) is 26.1 Å². The van der Waals surface area contributed by atoms with E-state index in [-0.39, 0.29) is 12.4 Å². The molecule has 0 fully saturated rings. The van der Waals surface area contributed by atoms with Crippen LogP contribution >= 0.6 is 11.6 Å². The van der Waals surface area contributed by atoms with Crippen molar-refractivity contribution in [1.82, 2.24) is 0 Å². The molecular formula is C17H16ClF3O3. The second-order valence-corrected chi connectivity index (χ2v) is 5.55. The smallest absolute Gasteiger partial charge is 0.456 e. The Kier molecular flexibility index (Phi) is 5.96. The molecule has 0 spiro atoms. The standard InChI is InChI=1S/C17H16ClF3O3/c1-11-9-12(3-2-8-22)10-15(16(11)18)23-13-4-6-14(7-5-13)24-17(19,20)21/h4-7,9-10,22H,2-3,8H2,1H3. The molecule has 7 heteroatoms. The molecule has 0 unspecified atom stereocenters. The molecule has 0 aliphatic heterocycles. The molecule has 2 aromatic carbocycles. The fraction of sp³-hybridized carbons (Fsp3) is 0.294. The third-order valence-electron chi connectivity index (χ3n) is 3.19. The summed E-state index contributed by atoms with van der Waals surface area (Å²) in [4.78, 5) is 0. The summed E-state index contributed by atoms with van der Waals surface area (Å²) >= 11 is 6.22. The summed E-state index contributed by atoms with van der Waals surface area (Å²) in [5.74, 6) is 0.424. The Labute approximate surface area is 142 Å². The Bertz CT molecular complexity index is 685. The van der Waals surface area contributed by atoms with Crippen LogP contribution in [0.4, 0.5) is 13.2 Å². The van der Waals surface area contributed by atoms with Crippen LogP contribution in [-0.4, -0.2) is 18.1 Å². The van der Waals surface area contributed by atoms with Crippen LogP contribution in [0.3, 0.4) is 0 Å². The van der Waals surface area contributed by atoms with Gasteiger partial charge in [-0.15, -0.1) is 13.2 Å². The van der Waals surface area contributed by atoms with Crippen LogP contribution < -0.4 is 9.47 Å². The van der Waals surface area contributed by atoms with Gasteiger partial charge in [-0.3, -0.25) is 0 Å². The lowest BCUT2D eigenvalue weighted by atomic mass is 10.1. The van der Waals surface area contributed by atoms with Gasteiger partial charge in [-0.1, -0.05) is 17.7 Å². The number of aryl methyl sites for hydroxylation is 2. The first kappa shape index (κ1) is 18.4. The van der Waals surface area contributed by atoms with Gasteiger partial charge in [0.2, 0.25) is 0 Å². The Morgan fingerprint density at radius 3 is 2.29 bits per heavy atom. The Morgan fingerprint density at radius 2 is 1.71 bits per heavy atom. The van der Waals surface area contributed by atoms with Crippen LogP contribution in [0.15, 0.2) is 36.4 Å². The first-order chi connectivity index (χ1) is 11.3. The molecule has 1 N–H and O–H groups in total. The molecule has 0 atom stereocenters. The number of ether oxygens (including phenoxy) is 2. The second kappa shape index (κ2) is 7.77. The first-order valence-corrected chi connectivity index (χ1v) is 7.60. The van der Waals surface area contributed by atoms with E-state index < -0.39 is 6.36 Å². The topological polar surface area (TPSA) is 38.7 Å². The number of hydrogen-bond acceptors (Lipinski definition) is 3. The van der Waals surface area contributed by atoms with Gasteiger partial charge in [-0.25, -0.2) is 0 Å². The fourth-order valence-corrected chi connectivity index (χ4v) is 2.29. The van der Waals surface area contributed by atoms with Gasteiger partial charge in [0, 0.05) is 6.61 Å². The summed E-state index contributed by atoms with van der Waals surface area (Å²) < 4.78 is 45.9. The molecule has 0 saturated heterocycles. The Morgan fingerprint density at radius 1 is 1.08 bits per heavy atom. The summed E-state index contributed by atoms with van der Waals surface area (Å²) in [5.41, 5.74) is 1.78. The molecule has 3 nitrogen and oxygen atoms in total. The second-order valence-electron chi connectivity index (χ2n) is 5.17. The SMILES string of the molecule is Cc1cc(CCCO)cc(Oc2ccc(OC(F)(F)F)cc2)c1Cl. The van der Waals surface area contributed by atoms with Crippen LogP contribution in [0.25, 0.3) is 0 Å². The molecule has 0 aliphatic rings. The predicted octanol–water partition coefficient (Wildman–Crippen LogP) is 5.26. The van der Waals surface area contributed by atoms with E-state index in [9.17, 15) is 13.2 Å². The third kappa shape index (κ3) is 5.32. The van der Waals surface area contributed by atoms with E-state index in [0.29, 0.717) is 29.4 Å². The summed E-state index contributed by atoms with van der Waals surface area (Å²) in [5, 5.41) is 9.34. The molecule has 0 amide bonds. The molecule has 0 saturated carbocycles. The highest BCUT2D eigenvalue weighted by atomic mass is 35.5. The van der Waals surface area contributed by atoms with Crippen LogP contribution in [0.1, 0.15) is 17.5 Å². The zero-order valence-corrected chi connectivity index (χ0v) is 13.6. The Balaban J connectivity index is 2.16. The lowest BCUT2D eigenvalue weighted by Gasteiger charge is -2.13. The van der Waals surface area contributed by atoms with Crippen LogP contribution in [0.2, 0.25) is 5.02 Å². The van der Waals surface area contributed by atoms with E-state index in [1.807, 2.05) is 13.0 Å². The maximum atomic E-state index is 12.1. The van der Waals surface area contributed by atoms with Crippen molar-refractivity contribution < 1.29 is 27.8 Å². The van der Waals surface area contributed by atoms with E-state index in [0.717, 1.165) is 11.1 Å². The number of aliphatic hydroxyl groups excluding tert-OH is 1. The van der Waals surface area contributed by atoms with Crippen molar-refractivity contribution in [3.63, 3.8) is 0 Å². The Hall–Kier alpha value is -1.92. The summed E-state index contributed by atoms with van der Waals surface area (Å²) in [6.07, 6.45) is -3.45. The number of rotatable bonds is 6. The number of aliphatic hydroxyl groups is 1. The highest BCUT2D eigenvalue weighted by molar-refractivity contribution is 6.32. The van der Waals surface area contributed by atoms with Gasteiger partial charge in [0.1, 0.15) is 17.2 Å². The summed E-state index contributed by atoms with van der Waals surface area (Å²) in [6, 6.07) is 8.73. The molecule has 24 heavy (non-hydrogen) atoms. The van der Waals surface area contributed by atoms with Crippen LogP contribution in [0.5, 0.6) is 17.2 Å². The molecular weight excluding hydrogens is 345 g/mol. The molecule has 0 radical (unpaired) electrons. The number of hydrogen-bond donors (Lipinski definition) is 1. The van der Waals surface area contributed by atoms with Crippen molar-refractivity contribution in [3.8, 4) is 17.2 Å². The third-order valence-corrected chi connectivity index (χ3v) is 3.67. The van der Waals surface area contributed by atoms with E-state index >= 15 is 0 Å². The summed E-state index contributed by atoms with van der Waals surface area (Å²) in [7, 11) is 0. The van der Waals surface area contributed by atoms with Gasteiger partial charge in [-0.2, -0.15) is 0 Å². The minimum Gasteiger partial charge on any atom is -0.456 e. The molecule has 0 heterocycles. The molecule has 0 aromatic heterocycles. The number of benzene rings is 2. The minimum absolute atomic E-state index is 0.0819. The van der Waals surface area contributed by atoms with Crippen molar-refractivity contribution in [3.05, 3.63) is 52.5 Å². The maximum Gasteiger partial charge on any atom is 0.573 e. The normalized spacial score (nSPS) is 11.4. The van der Waals surface area contributed by atoms with Crippen molar-refractivity contribution in [2.75, 3.05) is 6.61 Å². The van der Waals surface area contributed by atoms with Crippen LogP contribution in [0, 0.1) is 6.92 Å². The lowest BCUT2D eigenvalue weighted by Crippen LogP contribution is -2.16. The van der Waals surface area contributed by atoms with Crippen LogP contribution in [-0.2, 0) is 6.42 Å². The highest BCUT2D eigenvalue weighted by Crippen LogP contribution is 2.34. The molecule has 130 valence electrons. The molecule has 0 aliphatic carbocycles. The fourth-order valence-electron chi connectivity index (χ4n) is 2.15. The first-order valence-electron chi connectivity index (χ1n) is 7.22. The van der Waals surface area contributed by atoms with E-state index in [2.05, 4.69) is 4.74 Å². The molecule has 2 rings (SSSR count). The number of alkyl halides is 3. The largest absolute Gasteiger partial charge is 0.573 e. The van der Waals surface area contributed by atoms with Crippen molar-refractivity contribution in [2.24, 2.45) is 0 Å². The van der Waals surface area contributed by atoms with Gasteiger partial charge >= 0.3 is 6.36 Å². The minimum atomic E-state index is -4.73. The van der Waals surface area contributed by atoms with E-state index in [1.54, 1.807) is 6.07 Å². The van der Waals surface area contributed by atoms with Gasteiger partial charge in [0.05, 0.1) is 5.02 Å². The average Bonchev–Trinajstić information content (AvgIpc) is 2.50. The predicted molar refractivity (Wildman–Crippen MR) is 84.8 cm³/mol.